The van der Waals surface area contributed by atoms with Crippen molar-refractivity contribution >= 4 is 23.4 Å². The second kappa shape index (κ2) is 6.93. The summed E-state index contributed by atoms with van der Waals surface area (Å²) in [4.78, 5) is 24.2. The lowest BCUT2D eigenvalue weighted by Crippen LogP contribution is -2.63. The largest absolute Gasteiger partial charge is 0.497 e. The highest BCUT2D eigenvalue weighted by molar-refractivity contribution is 6.33. The molecule has 0 saturated carbocycles. The number of rotatable bonds is 5. The highest BCUT2D eigenvalue weighted by atomic mass is 35.5. The summed E-state index contributed by atoms with van der Waals surface area (Å²) in [5, 5.41) is 0.612. The molecular weight excluding hydrogens is 328 g/mol. The van der Waals surface area contributed by atoms with Crippen molar-refractivity contribution in [3.8, 4) is 5.75 Å². The number of alkyl halides is 1. The Morgan fingerprint density at radius 3 is 2.46 bits per heavy atom. The first-order valence-corrected chi connectivity index (χ1v) is 7.98. The molecule has 1 aliphatic heterocycles. The van der Waals surface area contributed by atoms with Gasteiger partial charge in [-0.2, -0.15) is 0 Å². The number of hydrogen-bond donors (Lipinski definition) is 1. The van der Waals surface area contributed by atoms with Crippen LogP contribution in [0.15, 0.2) is 54.6 Å². The average Bonchev–Trinajstić information content (AvgIpc) is 2.62. The molecule has 2 aromatic carbocycles. The molecule has 1 aliphatic rings. The second-order valence-electron chi connectivity index (χ2n) is 5.53. The molecule has 0 unspecified atom stereocenters. The van der Waals surface area contributed by atoms with Gasteiger partial charge in [-0.25, -0.2) is 5.01 Å². The van der Waals surface area contributed by atoms with Crippen LogP contribution in [0.4, 0.5) is 0 Å². The van der Waals surface area contributed by atoms with Crippen LogP contribution in [0, 0.1) is 0 Å². The van der Waals surface area contributed by atoms with Gasteiger partial charge in [0.05, 0.1) is 13.5 Å². The fourth-order valence-electron chi connectivity index (χ4n) is 2.65. The van der Waals surface area contributed by atoms with Gasteiger partial charge in [0.2, 0.25) is 5.91 Å². The van der Waals surface area contributed by atoms with Crippen molar-refractivity contribution in [1.29, 1.82) is 0 Å². The Bertz CT molecular complexity index is 734. The number of hydrogen-bond acceptors (Lipinski definition) is 3. The molecule has 1 saturated heterocycles. The SMILES string of the molecule is COc1ccc([C@H]2[C@@H](Cl)C(=O)N2NC(=O)Cc2ccccc2)cc1. The third kappa shape index (κ3) is 3.21. The van der Waals surface area contributed by atoms with Crippen LogP contribution in [-0.4, -0.2) is 29.3 Å². The Morgan fingerprint density at radius 2 is 1.83 bits per heavy atom. The molecule has 5 nitrogen and oxygen atoms in total. The number of carbonyl (C=O) groups is 2. The molecule has 0 aliphatic carbocycles. The van der Waals surface area contributed by atoms with Crippen molar-refractivity contribution < 1.29 is 14.3 Å². The number of ether oxygens (including phenoxy) is 1. The van der Waals surface area contributed by atoms with E-state index in [-0.39, 0.29) is 24.3 Å². The molecule has 124 valence electrons. The van der Waals surface area contributed by atoms with Crippen molar-refractivity contribution in [1.82, 2.24) is 10.4 Å². The van der Waals surface area contributed by atoms with E-state index in [9.17, 15) is 9.59 Å². The van der Waals surface area contributed by atoms with Crippen LogP contribution in [0.1, 0.15) is 17.2 Å². The van der Waals surface area contributed by atoms with E-state index >= 15 is 0 Å². The smallest absolute Gasteiger partial charge is 0.262 e. The Kier molecular flexibility index (Phi) is 4.71. The second-order valence-corrected chi connectivity index (χ2v) is 6.00. The van der Waals surface area contributed by atoms with E-state index in [1.807, 2.05) is 42.5 Å². The number of amides is 2. The van der Waals surface area contributed by atoms with Gasteiger partial charge in [-0.3, -0.25) is 15.0 Å². The van der Waals surface area contributed by atoms with Gasteiger partial charge >= 0.3 is 0 Å². The maximum absolute atomic E-state index is 12.2. The molecule has 2 amide bonds. The van der Waals surface area contributed by atoms with Gasteiger partial charge in [0.25, 0.3) is 5.91 Å². The predicted octanol–water partition coefficient (Wildman–Crippen LogP) is 2.46. The number of nitrogens with one attached hydrogen (secondary N) is 1. The first kappa shape index (κ1) is 16.3. The van der Waals surface area contributed by atoms with Crippen molar-refractivity contribution in [2.24, 2.45) is 0 Å². The predicted molar refractivity (Wildman–Crippen MR) is 90.5 cm³/mol. The third-order valence-corrected chi connectivity index (χ3v) is 4.36. The summed E-state index contributed by atoms with van der Waals surface area (Å²) in [7, 11) is 1.59. The summed E-state index contributed by atoms with van der Waals surface area (Å²) >= 11 is 6.14. The van der Waals surface area contributed by atoms with Crippen LogP contribution in [0.25, 0.3) is 0 Å². The normalized spacial score (nSPS) is 19.6. The fourth-order valence-corrected chi connectivity index (χ4v) is 3.02. The number of β-lactam (4-membered cyclic amide) rings is 1. The van der Waals surface area contributed by atoms with E-state index in [0.717, 1.165) is 16.9 Å². The summed E-state index contributed by atoms with van der Waals surface area (Å²) in [5.74, 6) is 0.158. The molecule has 1 N–H and O–H groups in total. The molecule has 0 bridgehead atoms. The summed E-state index contributed by atoms with van der Waals surface area (Å²) in [6, 6.07) is 16.2. The van der Waals surface area contributed by atoms with Gasteiger partial charge < -0.3 is 4.74 Å². The minimum absolute atomic E-state index is 0.201. The number of halogens is 1. The van der Waals surface area contributed by atoms with Crippen LogP contribution in [0.5, 0.6) is 5.75 Å². The van der Waals surface area contributed by atoms with Gasteiger partial charge in [0, 0.05) is 0 Å². The number of hydrazine groups is 1. The molecule has 3 rings (SSSR count). The summed E-state index contributed by atoms with van der Waals surface area (Å²) in [5.41, 5.74) is 4.38. The quantitative estimate of drug-likeness (QED) is 0.669. The number of nitrogens with zero attached hydrogens (tertiary/aromatic N) is 1. The monoisotopic (exact) mass is 344 g/mol. The van der Waals surface area contributed by atoms with Crippen molar-refractivity contribution in [2.75, 3.05) is 7.11 Å². The summed E-state index contributed by atoms with van der Waals surface area (Å²) < 4.78 is 5.12. The lowest BCUT2D eigenvalue weighted by atomic mass is 9.95. The van der Waals surface area contributed by atoms with Crippen LogP contribution in [-0.2, 0) is 16.0 Å². The van der Waals surface area contributed by atoms with Crippen LogP contribution >= 0.6 is 11.6 Å². The van der Waals surface area contributed by atoms with Crippen molar-refractivity contribution in [3.63, 3.8) is 0 Å². The van der Waals surface area contributed by atoms with Gasteiger partial charge in [-0.05, 0) is 23.3 Å². The Morgan fingerprint density at radius 1 is 1.17 bits per heavy atom. The lowest BCUT2D eigenvalue weighted by Gasteiger charge is -2.44. The highest BCUT2D eigenvalue weighted by Gasteiger charge is 2.48. The molecule has 1 heterocycles. The fraction of sp³-hybridized carbons (Fsp3) is 0.222. The van der Waals surface area contributed by atoms with E-state index in [2.05, 4.69) is 5.43 Å². The van der Waals surface area contributed by atoms with E-state index < -0.39 is 5.38 Å². The number of methoxy groups -OCH3 is 1. The van der Waals surface area contributed by atoms with Crippen molar-refractivity contribution in [3.05, 3.63) is 65.7 Å². The van der Waals surface area contributed by atoms with Crippen molar-refractivity contribution in [2.45, 2.75) is 17.8 Å². The van der Waals surface area contributed by atoms with Gasteiger partial charge in [-0.15, -0.1) is 11.6 Å². The molecule has 2 aromatic rings. The van der Waals surface area contributed by atoms with Gasteiger partial charge in [-0.1, -0.05) is 42.5 Å². The Hall–Kier alpha value is -2.53. The maximum atomic E-state index is 12.2. The molecule has 6 heteroatoms. The topological polar surface area (TPSA) is 58.6 Å². The Labute approximate surface area is 145 Å². The molecule has 2 atom stereocenters. The third-order valence-electron chi connectivity index (χ3n) is 3.94. The van der Waals surface area contributed by atoms with Gasteiger partial charge in [0.1, 0.15) is 17.2 Å². The van der Waals surface area contributed by atoms with Gasteiger partial charge in [0.15, 0.2) is 0 Å². The van der Waals surface area contributed by atoms with Crippen LogP contribution in [0.2, 0.25) is 0 Å². The molecule has 1 fully saturated rings. The first-order chi connectivity index (χ1) is 11.6. The van der Waals surface area contributed by atoms with Crippen LogP contribution < -0.4 is 10.2 Å². The zero-order valence-electron chi connectivity index (χ0n) is 13.1. The Balaban J connectivity index is 1.69. The average molecular weight is 345 g/mol. The molecule has 0 radical (unpaired) electrons. The number of benzene rings is 2. The minimum Gasteiger partial charge on any atom is -0.497 e. The molecule has 0 aromatic heterocycles. The van der Waals surface area contributed by atoms with E-state index in [4.69, 9.17) is 16.3 Å². The summed E-state index contributed by atoms with van der Waals surface area (Å²) in [6.45, 7) is 0. The first-order valence-electron chi connectivity index (χ1n) is 7.54. The molecule has 24 heavy (non-hydrogen) atoms. The lowest BCUT2D eigenvalue weighted by molar-refractivity contribution is -0.156. The van der Waals surface area contributed by atoms with E-state index in [1.165, 1.54) is 5.01 Å². The zero-order valence-corrected chi connectivity index (χ0v) is 13.9. The molecule has 0 spiro atoms. The van der Waals surface area contributed by atoms with E-state index in [1.54, 1.807) is 19.2 Å². The minimum atomic E-state index is -0.685. The maximum Gasteiger partial charge on any atom is 0.262 e. The van der Waals surface area contributed by atoms with Crippen LogP contribution in [0.3, 0.4) is 0 Å². The molecular formula is C18H17ClN2O3. The number of carbonyl (C=O) groups excluding carboxylic acids is 2. The zero-order chi connectivity index (χ0) is 17.1. The highest BCUT2D eigenvalue weighted by Crippen LogP contribution is 2.37. The summed E-state index contributed by atoms with van der Waals surface area (Å²) in [6.07, 6.45) is 0.201. The standard InChI is InChI=1S/C18H17ClN2O3/c1-24-14-9-7-13(8-10-14)17-16(19)18(23)21(17)20-15(22)11-12-5-3-2-4-6-12/h2-10,16-17H,11H2,1H3,(H,20,22)/t16-,17+/m1/s1. The van der Waals surface area contributed by atoms with E-state index in [0.29, 0.717) is 0 Å².